The van der Waals surface area contributed by atoms with E-state index in [0.717, 1.165) is 21.6 Å². The monoisotopic (exact) mass is 300 g/mol. The first-order valence-electron chi connectivity index (χ1n) is 4.72. The molecule has 2 aromatic rings. The third-order valence-corrected chi connectivity index (χ3v) is 3.55. The lowest BCUT2D eigenvalue weighted by molar-refractivity contribution is 0.797. The number of aryl methyl sites for hydroxylation is 2. The number of aromatic nitrogens is 4. The number of hydrogen-bond donors (Lipinski definition) is 0. The van der Waals surface area contributed by atoms with Crippen LogP contribution in [0.1, 0.15) is 17.1 Å². The summed E-state index contributed by atoms with van der Waals surface area (Å²) < 4.78 is 2.74. The average Bonchev–Trinajstić information content (AvgIpc) is 2.44. The Morgan fingerprint density at radius 3 is 2.44 bits per heavy atom. The Morgan fingerprint density at radius 1 is 1.25 bits per heavy atom. The van der Waals surface area contributed by atoms with Crippen molar-refractivity contribution in [2.75, 3.05) is 0 Å². The summed E-state index contributed by atoms with van der Waals surface area (Å²) in [5.41, 5.74) is 2.73. The molecule has 6 heteroatoms. The van der Waals surface area contributed by atoms with Gasteiger partial charge in [0.2, 0.25) is 5.28 Å². The standard InChI is InChI=1S/C10H10BrClN4/c1-5-4-8(14-10(12)13-5)16-7(3)9(11)6(2)15-16/h4H,1-3H3. The molecule has 0 aromatic carbocycles. The molecule has 0 bridgehead atoms. The third kappa shape index (κ3) is 1.97. The van der Waals surface area contributed by atoms with Crippen molar-refractivity contribution >= 4 is 27.5 Å². The summed E-state index contributed by atoms with van der Waals surface area (Å²) in [5, 5.41) is 4.62. The Labute approximate surface area is 107 Å². The van der Waals surface area contributed by atoms with Crippen LogP contribution in [0.25, 0.3) is 5.82 Å². The highest BCUT2D eigenvalue weighted by atomic mass is 79.9. The van der Waals surface area contributed by atoms with Gasteiger partial charge in [-0.15, -0.1) is 0 Å². The molecule has 2 heterocycles. The van der Waals surface area contributed by atoms with E-state index in [2.05, 4.69) is 31.0 Å². The highest BCUT2D eigenvalue weighted by molar-refractivity contribution is 9.10. The fourth-order valence-electron chi connectivity index (χ4n) is 1.47. The quantitative estimate of drug-likeness (QED) is 0.761. The average molecular weight is 302 g/mol. The molecule has 0 fully saturated rings. The molecule has 4 nitrogen and oxygen atoms in total. The second kappa shape index (κ2) is 4.14. The van der Waals surface area contributed by atoms with Gasteiger partial charge in [-0.3, -0.25) is 0 Å². The van der Waals surface area contributed by atoms with Crippen LogP contribution in [0.15, 0.2) is 10.5 Å². The molecule has 16 heavy (non-hydrogen) atoms. The van der Waals surface area contributed by atoms with Crippen LogP contribution in [0.4, 0.5) is 0 Å². The van der Waals surface area contributed by atoms with E-state index >= 15 is 0 Å². The van der Waals surface area contributed by atoms with Crippen molar-refractivity contribution < 1.29 is 0 Å². The van der Waals surface area contributed by atoms with Gasteiger partial charge < -0.3 is 0 Å². The zero-order valence-electron chi connectivity index (χ0n) is 9.12. The molecule has 84 valence electrons. The summed E-state index contributed by atoms with van der Waals surface area (Å²) in [6.07, 6.45) is 0. The second-order valence-electron chi connectivity index (χ2n) is 3.53. The van der Waals surface area contributed by atoms with Crippen LogP contribution in [0.3, 0.4) is 0 Å². The van der Waals surface area contributed by atoms with E-state index in [1.54, 1.807) is 4.68 Å². The van der Waals surface area contributed by atoms with Crippen LogP contribution >= 0.6 is 27.5 Å². The molecule has 0 saturated carbocycles. The second-order valence-corrected chi connectivity index (χ2v) is 4.66. The van der Waals surface area contributed by atoms with Gasteiger partial charge in [0.05, 0.1) is 15.9 Å². The summed E-state index contributed by atoms with van der Waals surface area (Å²) in [6, 6.07) is 1.84. The van der Waals surface area contributed by atoms with Gasteiger partial charge >= 0.3 is 0 Å². The van der Waals surface area contributed by atoms with E-state index in [4.69, 9.17) is 11.6 Å². The summed E-state index contributed by atoms with van der Waals surface area (Å²) >= 11 is 9.30. The molecular formula is C10H10BrClN4. The summed E-state index contributed by atoms with van der Waals surface area (Å²) in [4.78, 5) is 8.17. The van der Waals surface area contributed by atoms with Crippen LogP contribution in [0.5, 0.6) is 0 Å². The lowest BCUT2D eigenvalue weighted by Gasteiger charge is -2.04. The molecule has 0 aliphatic heterocycles. The van der Waals surface area contributed by atoms with E-state index in [0.29, 0.717) is 5.82 Å². The topological polar surface area (TPSA) is 43.6 Å². The molecule has 0 N–H and O–H groups in total. The fraction of sp³-hybridized carbons (Fsp3) is 0.300. The van der Waals surface area contributed by atoms with Crippen LogP contribution in [-0.2, 0) is 0 Å². The number of halogens is 2. The maximum Gasteiger partial charge on any atom is 0.224 e. The van der Waals surface area contributed by atoms with E-state index in [9.17, 15) is 0 Å². The van der Waals surface area contributed by atoms with E-state index in [-0.39, 0.29) is 5.28 Å². The Kier molecular flexibility index (Phi) is 2.99. The van der Waals surface area contributed by atoms with E-state index in [1.165, 1.54) is 0 Å². The van der Waals surface area contributed by atoms with E-state index in [1.807, 2.05) is 26.8 Å². The molecule has 0 amide bonds. The molecule has 0 saturated heterocycles. The highest BCUT2D eigenvalue weighted by Crippen LogP contribution is 2.22. The Morgan fingerprint density at radius 2 is 1.94 bits per heavy atom. The minimum absolute atomic E-state index is 0.235. The Bertz CT molecular complexity index is 530. The SMILES string of the molecule is Cc1cc(-n2nc(C)c(Br)c2C)nc(Cl)n1. The summed E-state index contributed by atoms with van der Waals surface area (Å²) in [6.45, 7) is 5.77. The first-order valence-corrected chi connectivity index (χ1v) is 5.89. The number of nitrogens with zero attached hydrogens (tertiary/aromatic N) is 4. The van der Waals surface area contributed by atoms with Gasteiger partial charge in [-0.2, -0.15) is 10.1 Å². The van der Waals surface area contributed by atoms with Gasteiger partial charge in [0.1, 0.15) is 0 Å². The van der Waals surface area contributed by atoms with Crippen molar-refractivity contribution in [3.63, 3.8) is 0 Å². The maximum absolute atomic E-state index is 5.82. The van der Waals surface area contributed by atoms with Crippen molar-refractivity contribution in [1.29, 1.82) is 0 Å². The normalized spacial score (nSPS) is 10.8. The van der Waals surface area contributed by atoms with Crippen molar-refractivity contribution in [2.24, 2.45) is 0 Å². The largest absolute Gasteiger partial charge is 0.224 e. The van der Waals surface area contributed by atoms with Gasteiger partial charge in [-0.1, -0.05) is 0 Å². The first-order chi connectivity index (χ1) is 7.49. The maximum atomic E-state index is 5.82. The lowest BCUT2D eigenvalue weighted by Crippen LogP contribution is -2.03. The molecule has 0 spiro atoms. The predicted molar refractivity (Wildman–Crippen MR) is 66.1 cm³/mol. The van der Waals surface area contributed by atoms with Gasteiger partial charge in [-0.05, 0) is 48.3 Å². The van der Waals surface area contributed by atoms with Crippen LogP contribution in [-0.4, -0.2) is 19.7 Å². The molecule has 0 atom stereocenters. The van der Waals surface area contributed by atoms with Crippen LogP contribution < -0.4 is 0 Å². The van der Waals surface area contributed by atoms with Crippen LogP contribution in [0, 0.1) is 20.8 Å². The Balaban J connectivity index is 2.62. The highest BCUT2D eigenvalue weighted by Gasteiger charge is 2.12. The molecule has 0 unspecified atom stereocenters. The minimum atomic E-state index is 0.235. The van der Waals surface area contributed by atoms with E-state index < -0.39 is 0 Å². The van der Waals surface area contributed by atoms with Crippen molar-refractivity contribution in [3.05, 3.63) is 32.9 Å². The smallest absolute Gasteiger partial charge is 0.223 e. The van der Waals surface area contributed by atoms with Crippen LogP contribution in [0.2, 0.25) is 5.28 Å². The number of rotatable bonds is 1. The molecule has 0 aliphatic rings. The first kappa shape index (κ1) is 11.5. The van der Waals surface area contributed by atoms with Gasteiger partial charge in [0.15, 0.2) is 5.82 Å². The molecule has 2 aromatic heterocycles. The third-order valence-electron chi connectivity index (χ3n) is 2.23. The zero-order chi connectivity index (χ0) is 11.9. The molecule has 0 aliphatic carbocycles. The molecule has 0 radical (unpaired) electrons. The van der Waals surface area contributed by atoms with Gasteiger partial charge in [-0.25, -0.2) is 9.67 Å². The lowest BCUT2D eigenvalue weighted by atomic mass is 10.4. The minimum Gasteiger partial charge on any atom is -0.223 e. The van der Waals surface area contributed by atoms with Crippen molar-refractivity contribution in [1.82, 2.24) is 19.7 Å². The van der Waals surface area contributed by atoms with Crippen molar-refractivity contribution in [3.8, 4) is 5.82 Å². The summed E-state index contributed by atoms with van der Waals surface area (Å²) in [7, 11) is 0. The number of hydrogen-bond acceptors (Lipinski definition) is 3. The van der Waals surface area contributed by atoms with Gasteiger partial charge in [0.25, 0.3) is 0 Å². The zero-order valence-corrected chi connectivity index (χ0v) is 11.5. The predicted octanol–water partition coefficient (Wildman–Crippen LogP) is 3.00. The Hall–Kier alpha value is -0.940. The van der Waals surface area contributed by atoms with Gasteiger partial charge in [0, 0.05) is 11.8 Å². The fourth-order valence-corrected chi connectivity index (χ4v) is 1.94. The van der Waals surface area contributed by atoms with Crippen molar-refractivity contribution in [2.45, 2.75) is 20.8 Å². The molecular weight excluding hydrogens is 291 g/mol. The summed E-state index contributed by atoms with van der Waals surface area (Å²) in [5.74, 6) is 0.684. The molecule has 2 rings (SSSR count).